The SMILES string of the molecule is COCCS(=O)(=O)c1cc(OC)ccc1N. The fourth-order valence-electron chi connectivity index (χ4n) is 1.21. The third-order valence-corrected chi connectivity index (χ3v) is 3.84. The van der Waals surface area contributed by atoms with Gasteiger partial charge in [0.05, 0.1) is 30.1 Å². The van der Waals surface area contributed by atoms with Crippen molar-refractivity contribution in [3.63, 3.8) is 0 Å². The van der Waals surface area contributed by atoms with Crippen molar-refractivity contribution in [2.75, 3.05) is 32.3 Å². The van der Waals surface area contributed by atoms with Crippen molar-refractivity contribution in [2.45, 2.75) is 4.90 Å². The maximum absolute atomic E-state index is 11.9. The van der Waals surface area contributed by atoms with Crippen LogP contribution in [-0.2, 0) is 14.6 Å². The molecule has 0 amide bonds. The molecule has 0 saturated carbocycles. The van der Waals surface area contributed by atoms with Gasteiger partial charge in [0.1, 0.15) is 5.75 Å². The number of anilines is 1. The number of hydrogen-bond donors (Lipinski definition) is 1. The molecule has 16 heavy (non-hydrogen) atoms. The molecule has 1 aromatic rings. The van der Waals surface area contributed by atoms with Gasteiger partial charge < -0.3 is 15.2 Å². The first-order chi connectivity index (χ1) is 7.51. The molecule has 0 heterocycles. The summed E-state index contributed by atoms with van der Waals surface area (Å²) >= 11 is 0. The van der Waals surface area contributed by atoms with E-state index in [-0.39, 0.29) is 22.9 Å². The van der Waals surface area contributed by atoms with Gasteiger partial charge in [-0.15, -0.1) is 0 Å². The van der Waals surface area contributed by atoms with Crippen LogP contribution < -0.4 is 10.5 Å². The van der Waals surface area contributed by atoms with Crippen molar-refractivity contribution in [1.29, 1.82) is 0 Å². The van der Waals surface area contributed by atoms with E-state index >= 15 is 0 Å². The molecular formula is C10H15NO4S. The quantitative estimate of drug-likeness (QED) is 0.772. The van der Waals surface area contributed by atoms with Crippen LogP contribution in [0.25, 0.3) is 0 Å². The minimum Gasteiger partial charge on any atom is -0.497 e. The summed E-state index contributed by atoms with van der Waals surface area (Å²) in [6.45, 7) is 0.138. The highest BCUT2D eigenvalue weighted by Gasteiger charge is 2.18. The summed E-state index contributed by atoms with van der Waals surface area (Å²) in [6.07, 6.45) is 0. The van der Waals surface area contributed by atoms with Gasteiger partial charge in [-0.3, -0.25) is 0 Å². The predicted molar refractivity (Wildman–Crippen MR) is 61.3 cm³/mol. The molecular weight excluding hydrogens is 230 g/mol. The second-order valence-corrected chi connectivity index (χ2v) is 5.29. The fourth-order valence-corrected chi connectivity index (χ4v) is 2.54. The monoisotopic (exact) mass is 245 g/mol. The van der Waals surface area contributed by atoms with E-state index in [2.05, 4.69) is 0 Å². The van der Waals surface area contributed by atoms with Crippen LogP contribution in [0.4, 0.5) is 5.69 Å². The van der Waals surface area contributed by atoms with Crippen LogP contribution >= 0.6 is 0 Å². The number of methoxy groups -OCH3 is 2. The number of rotatable bonds is 5. The van der Waals surface area contributed by atoms with Gasteiger partial charge in [-0.05, 0) is 12.1 Å². The van der Waals surface area contributed by atoms with Crippen LogP contribution in [-0.4, -0.2) is 35.0 Å². The van der Waals surface area contributed by atoms with Crippen LogP contribution in [0.1, 0.15) is 0 Å². The summed E-state index contributed by atoms with van der Waals surface area (Å²) in [5.74, 6) is 0.367. The third kappa shape index (κ3) is 2.86. The van der Waals surface area contributed by atoms with Gasteiger partial charge in [0, 0.05) is 13.2 Å². The van der Waals surface area contributed by atoms with Crippen LogP contribution in [0.5, 0.6) is 5.75 Å². The topological polar surface area (TPSA) is 78.6 Å². The smallest absolute Gasteiger partial charge is 0.182 e. The van der Waals surface area contributed by atoms with Gasteiger partial charge in [-0.25, -0.2) is 8.42 Å². The molecule has 0 aliphatic rings. The molecule has 6 heteroatoms. The number of sulfone groups is 1. The molecule has 0 spiro atoms. The molecule has 0 bridgehead atoms. The average molecular weight is 245 g/mol. The highest BCUT2D eigenvalue weighted by atomic mass is 32.2. The standard InChI is InChI=1S/C10H15NO4S/c1-14-5-6-16(12,13)10-7-8(15-2)3-4-9(10)11/h3-4,7H,5-6,11H2,1-2H3. The first-order valence-electron chi connectivity index (χ1n) is 4.66. The van der Waals surface area contributed by atoms with Gasteiger partial charge in [-0.2, -0.15) is 0 Å². The lowest BCUT2D eigenvalue weighted by Crippen LogP contribution is -2.13. The molecule has 0 radical (unpaired) electrons. The van der Waals surface area contributed by atoms with Gasteiger partial charge in [-0.1, -0.05) is 0 Å². The summed E-state index contributed by atoms with van der Waals surface area (Å²) in [6, 6.07) is 4.55. The van der Waals surface area contributed by atoms with E-state index in [1.165, 1.54) is 26.4 Å². The van der Waals surface area contributed by atoms with E-state index < -0.39 is 9.84 Å². The van der Waals surface area contributed by atoms with Crippen molar-refractivity contribution >= 4 is 15.5 Å². The van der Waals surface area contributed by atoms with Crippen molar-refractivity contribution in [1.82, 2.24) is 0 Å². The number of ether oxygens (including phenoxy) is 2. The molecule has 0 aliphatic carbocycles. The summed E-state index contributed by atoms with van der Waals surface area (Å²) in [5.41, 5.74) is 5.85. The highest BCUT2D eigenvalue weighted by Crippen LogP contribution is 2.24. The minimum atomic E-state index is -3.42. The Kier molecular flexibility index (Phi) is 4.14. The van der Waals surface area contributed by atoms with Crippen molar-refractivity contribution < 1.29 is 17.9 Å². The number of benzene rings is 1. The van der Waals surface area contributed by atoms with Gasteiger partial charge in [0.2, 0.25) is 0 Å². The lowest BCUT2D eigenvalue weighted by molar-refractivity contribution is 0.217. The normalized spacial score (nSPS) is 11.4. The first-order valence-corrected chi connectivity index (χ1v) is 6.31. The molecule has 0 atom stereocenters. The van der Waals surface area contributed by atoms with Crippen molar-refractivity contribution in [3.8, 4) is 5.75 Å². The predicted octanol–water partition coefficient (Wildman–Crippen LogP) is 0.698. The maximum Gasteiger partial charge on any atom is 0.182 e. The molecule has 1 aromatic carbocycles. The Balaban J connectivity index is 3.11. The lowest BCUT2D eigenvalue weighted by Gasteiger charge is -2.08. The molecule has 0 unspecified atom stereocenters. The first kappa shape index (κ1) is 12.8. The molecule has 2 N–H and O–H groups in total. The van der Waals surface area contributed by atoms with Crippen LogP contribution in [0.15, 0.2) is 23.1 Å². The van der Waals surface area contributed by atoms with Crippen LogP contribution in [0.3, 0.4) is 0 Å². The summed E-state index contributed by atoms with van der Waals surface area (Å²) in [5, 5.41) is 0. The summed E-state index contributed by atoms with van der Waals surface area (Å²) < 4.78 is 33.4. The van der Waals surface area contributed by atoms with Gasteiger partial charge in [0.15, 0.2) is 9.84 Å². The van der Waals surface area contributed by atoms with E-state index in [1.54, 1.807) is 6.07 Å². The lowest BCUT2D eigenvalue weighted by atomic mass is 10.3. The number of nitrogen functional groups attached to an aromatic ring is 1. The fraction of sp³-hybridized carbons (Fsp3) is 0.400. The van der Waals surface area contributed by atoms with Gasteiger partial charge in [0.25, 0.3) is 0 Å². The summed E-state index contributed by atoms with van der Waals surface area (Å²) in [4.78, 5) is 0.0869. The van der Waals surface area contributed by atoms with Crippen molar-refractivity contribution in [2.24, 2.45) is 0 Å². The maximum atomic E-state index is 11.9. The zero-order valence-electron chi connectivity index (χ0n) is 9.26. The molecule has 0 aromatic heterocycles. The minimum absolute atomic E-state index is 0.0869. The molecule has 0 saturated heterocycles. The Labute approximate surface area is 95.1 Å². The van der Waals surface area contributed by atoms with E-state index in [1.807, 2.05) is 0 Å². The Morgan fingerprint density at radius 3 is 2.56 bits per heavy atom. The molecule has 90 valence electrons. The van der Waals surface area contributed by atoms with Crippen LogP contribution in [0, 0.1) is 0 Å². The molecule has 0 fully saturated rings. The average Bonchev–Trinajstić information content (AvgIpc) is 2.27. The molecule has 1 rings (SSSR count). The van der Waals surface area contributed by atoms with E-state index in [0.29, 0.717) is 5.75 Å². The Morgan fingerprint density at radius 1 is 1.31 bits per heavy atom. The zero-order chi connectivity index (χ0) is 12.2. The van der Waals surface area contributed by atoms with Crippen LogP contribution in [0.2, 0.25) is 0 Å². The Hall–Kier alpha value is -1.27. The van der Waals surface area contributed by atoms with E-state index in [0.717, 1.165) is 0 Å². The molecule has 0 aliphatic heterocycles. The second-order valence-electron chi connectivity index (χ2n) is 3.22. The summed E-state index contributed by atoms with van der Waals surface area (Å²) in [7, 11) is -0.498. The number of hydrogen-bond acceptors (Lipinski definition) is 5. The largest absolute Gasteiger partial charge is 0.497 e. The molecule has 5 nitrogen and oxygen atoms in total. The Bertz CT molecular complexity index is 456. The van der Waals surface area contributed by atoms with E-state index in [4.69, 9.17) is 15.2 Å². The highest BCUT2D eigenvalue weighted by molar-refractivity contribution is 7.91. The second kappa shape index (κ2) is 5.18. The third-order valence-electron chi connectivity index (χ3n) is 2.11. The zero-order valence-corrected chi connectivity index (χ0v) is 10.1. The van der Waals surface area contributed by atoms with E-state index in [9.17, 15) is 8.42 Å². The van der Waals surface area contributed by atoms with Crippen molar-refractivity contribution in [3.05, 3.63) is 18.2 Å². The Morgan fingerprint density at radius 2 is 2.00 bits per heavy atom. The number of nitrogens with two attached hydrogens (primary N) is 1. The van der Waals surface area contributed by atoms with Gasteiger partial charge >= 0.3 is 0 Å².